The van der Waals surface area contributed by atoms with Crippen LogP contribution in [-0.4, -0.2) is 41.2 Å². The van der Waals surface area contributed by atoms with Crippen LogP contribution >= 0.6 is 11.8 Å². The SMILES string of the molecule is CSC1CCCC1NC(=O)NCC1CCC(C(=O)O)CC1. The van der Waals surface area contributed by atoms with Crippen LogP contribution in [0.4, 0.5) is 4.79 Å². The highest BCUT2D eigenvalue weighted by atomic mass is 32.2. The minimum atomic E-state index is -0.677. The van der Waals surface area contributed by atoms with E-state index in [0.717, 1.165) is 32.1 Å². The Morgan fingerprint density at radius 2 is 1.86 bits per heavy atom. The molecule has 0 radical (unpaired) electrons. The molecule has 2 atom stereocenters. The molecule has 2 aliphatic rings. The Morgan fingerprint density at radius 1 is 1.14 bits per heavy atom. The van der Waals surface area contributed by atoms with Crippen LogP contribution in [0.1, 0.15) is 44.9 Å². The predicted molar refractivity (Wildman–Crippen MR) is 84.6 cm³/mol. The average molecular weight is 314 g/mol. The van der Waals surface area contributed by atoms with E-state index in [4.69, 9.17) is 5.11 Å². The van der Waals surface area contributed by atoms with Gasteiger partial charge < -0.3 is 15.7 Å². The maximum absolute atomic E-state index is 12.0. The second kappa shape index (κ2) is 7.92. The van der Waals surface area contributed by atoms with Crippen LogP contribution < -0.4 is 10.6 Å². The fraction of sp³-hybridized carbons (Fsp3) is 0.867. The Balaban J connectivity index is 1.64. The van der Waals surface area contributed by atoms with Crippen molar-refractivity contribution in [3.8, 4) is 0 Å². The van der Waals surface area contributed by atoms with Crippen molar-refractivity contribution < 1.29 is 14.7 Å². The van der Waals surface area contributed by atoms with Gasteiger partial charge in [-0.05, 0) is 50.7 Å². The van der Waals surface area contributed by atoms with Gasteiger partial charge in [-0.25, -0.2) is 4.79 Å². The van der Waals surface area contributed by atoms with Crippen molar-refractivity contribution >= 4 is 23.8 Å². The van der Waals surface area contributed by atoms with Crippen LogP contribution in [0.5, 0.6) is 0 Å². The van der Waals surface area contributed by atoms with Gasteiger partial charge in [-0.1, -0.05) is 6.42 Å². The molecular weight excluding hydrogens is 288 g/mol. The van der Waals surface area contributed by atoms with Gasteiger partial charge in [0, 0.05) is 17.8 Å². The lowest BCUT2D eigenvalue weighted by Gasteiger charge is -2.26. The Labute approximate surface area is 130 Å². The summed E-state index contributed by atoms with van der Waals surface area (Å²) >= 11 is 1.83. The Kier molecular flexibility index (Phi) is 6.21. The summed E-state index contributed by atoms with van der Waals surface area (Å²) < 4.78 is 0. The number of carbonyl (C=O) groups is 2. The van der Waals surface area contributed by atoms with Crippen LogP contribution in [0.2, 0.25) is 0 Å². The molecule has 2 amide bonds. The number of aliphatic carboxylic acids is 1. The summed E-state index contributed by atoms with van der Waals surface area (Å²) in [6, 6.07) is 0.226. The summed E-state index contributed by atoms with van der Waals surface area (Å²) in [6.45, 7) is 0.662. The molecule has 0 aromatic heterocycles. The monoisotopic (exact) mass is 314 g/mol. The van der Waals surface area contributed by atoms with Crippen molar-refractivity contribution in [2.24, 2.45) is 11.8 Å². The van der Waals surface area contributed by atoms with E-state index < -0.39 is 5.97 Å². The fourth-order valence-corrected chi connectivity index (χ4v) is 4.38. The molecule has 3 N–H and O–H groups in total. The number of urea groups is 1. The van der Waals surface area contributed by atoms with Crippen LogP contribution in [-0.2, 0) is 4.79 Å². The molecule has 0 saturated heterocycles. The van der Waals surface area contributed by atoms with Crippen molar-refractivity contribution in [1.29, 1.82) is 0 Å². The third-order valence-electron chi connectivity index (χ3n) is 4.82. The quantitative estimate of drug-likeness (QED) is 0.728. The molecule has 120 valence electrons. The highest BCUT2D eigenvalue weighted by Crippen LogP contribution is 2.29. The van der Waals surface area contributed by atoms with Crippen molar-refractivity contribution in [3.05, 3.63) is 0 Å². The molecule has 2 rings (SSSR count). The van der Waals surface area contributed by atoms with Gasteiger partial charge >= 0.3 is 12.0 Å². The number of amides is 2. The minimum Gasteiger partial charge on any atom is -0.481 e. The highest BCUT2D eigenvalue weighted by Gasteiger charge is 2.29. The first-order valence-electron chi connectivity index (χ1n) is 7.90. The number of rotatable bonds is 5. The number of thioether (sulfide) groups is 1. The Bertz CT molecular complexity index is 370. The van der Waals surface area contributed by atoms with Gasteiger partial charge in [-0.3, -0.25) is 4.79 Å². The van der Waals surface area contributed by atoms with E-state index in [0.29, 0.717) is 23.8 Å². The average Bonchev–Trinajstić information content (AvgIpc) is 2.92. The van der Waals surface area contributed by atoms with Crippen molar-refractivity contribution in [2.75, 3.05) is 12.8 Å². The van der Waals surface area contributed by atoms with E-state index in [2.05, 4.69) is 16.9 Å². The smallest absolute Gasteiger partial charge is 0.315 e. The molecule has 0 spiro atoms. The lowest BCUT2D eigenvalue weighted by Crippen LogP contribution is -2.46. The number of hydrogen-bond acceptors (Lipinski definition) is 3. The summed E-state index contributed by atoms with van der Waals surface area (Å²) in [5.41, 5.74) is 0. The largest absolute Gasteiger partial charge is 0.481 e. The molecule has 6 heteroatoms. The summed E-state index contributed by atoms with van der Waals surface area (Å²) in [7, 11) is 0. The molecule has 0 aromatic carbocycles. The van der Waals surface area contributed by atoms with E-state index in [9.17, 15) is 9.59 Å². The van der Waals surface area contributed by atoms with E-state index in [1.54, 1.807) is 0 Å². The molecule has 2 aliphatic carbocycles. The zero-order valence-corrected chi connectivity index (χ0v) is 13.5. The Hall–Kier alpha value is -0.910. The molecule has 0 aromatic rings. The van der Waals surface area contributed by atoms with E-state index in [1.807, 2.05) is 11.8 Å². The van der Waals surface area contributed by atoms with Crippen LogP contribution in [0.15, 0.2) is 0 Å². The van der Waals surface area contributed by atoms with Crippen molar-refractivity contribution in [3.63, 3.8) is 0 Å². The predicted octanol–water partition coefficient (Wildman–Crippen LogP) is 2.46. The zero-order chi connectivity index (χ0) is 15.2. The van der Waals surface area contributed by atoms with Crippen LogP contribution in [0.25, 0.3) is 0 Å². The summed E-state index contributed by atoms with van der Waals surface area (Å²) in [5.74, 6) is -0.439. The lowest BCUT2D eigenvalue weighted by molar-refractivity contribution is -0.143. The number of carboxylic acids is 1. The Morgan fingerprint density at radius 3 is 2.48 bits per heavy atom. The first-order chi connectivity index (χ1) is 10.1. The van der Waals surface area contributed by atoms with Crippen LogP contribution in [0, 0.1) is 11.8 Å². The lowest BCUT2D eigenvalue weighted by atomic mass is 9.82. The first kappa shape index (κ1) is 16.5. The summed E-state index contributed by atoms with van der Waals surface area (Å²) in [4.78, 5) is 22.8. The van der Waals surface area contributed by atoms with Gasteiger partial charge in [-0.15, -0.1) is 0 Å². The van der Waals surface area contributed by atoms with Gasteiger partial charge in [0.25, 0.3) is 0 Å². The number of hydrogen-bond donors (Lipinski definition) is 3. The number of carboxylic acid groups (broad SMARTS) is 1. The molecule has 0 bridgehead atoms. The number of nitrogens with one attached hydrogen (secondary N) is 2. The third kappa shape index (κ3) is 4.80. The van der Waals surface area contributed by atoms with Gasteiger partial charge in [0.1, 0.15) is 0 Å². The van der Waals surface area contributed by atoms with E-state index in [1.165, 1.54) is 12.8 Å². The molecule has 2 saturated carbocycles. The van der Waals surface area contributed by atoms with E-state index in [-0.39, 0.29) is 11.9 Å². The maximum Gasteiger partial charge on any atom is 0.315 e. The molecule has 2 unspecified atom stereocenters. The molecule has 2 fully saturated rings. The van der Waals surface area contributed by atoms with Gasteiger partial charge in [0.2, 0.25) is 0 Å². The number of carbonyl (C=O) groups excluding carboxylic acids is 1. The minimum absolute atomic E-state index is 0.0682. The first-order valence-corrected chi connectivity index (χ1v) is 9.19. The summed E-state index contributed by atoms with van der Waals surface area (Å²) in [5, 5.41) is 15.6. The summed E-state index contributed by atoms with van der Waals surface area (Å²) in [6.07, 6.45) is 8.82. The molecule has 21 heavy (non-hydrogen) atoms. The molecule has 0 aliphatic heterocycles. The van der Waals surface area contributed by atoms with Gasteiger partial charge in [0.15, 0.2) is 0 Å². The molecular formula is C15H26N2O3S. The normalized spacial score (nSPS) is 32.6. The van der Waals surface area contributed by atoms with Gasteiger partial charge in [0.05, 0.1) is 5.92 Å². The molecule has 5 nitrogen and oxygen atoms in total. The fourth-order valence-electron chi connectivity index (χ4n) is 3.44. The standard InChI is InChI=1S/C15H26N2O3S/c1-21-13-4-2-3-12(13)17-15(20)16-9-10-5-7-11(8-6-10)14(18)19/h10-13H,2-9H2,1H3,(H,18,19)(H2,16,17,20). The third-order valence-corrected chi connectivity index (χ3v) is 5.99. The topological polar surface area (TPSA) is 78.4 Å². The zero-order valence-electron chi connectivity index (χ0n) is 12.6. The maximum atomic E-state index is 12.0. The second-order valence-electron chi connectivity index (χ2n) is 6.22. The van der Waals surface area contributed by atoms with Gasteiger partial charge in [-0.2, -0.15) is 11.8 Å². The van der Waals surface area contributed by atoms with Crippen molar-refractivity contribution in [1.82, 2.24) is 10.6 Å². The van der Waals surface area contributed by atoms with E-state index >= 15 is 0 Å². The molecule has 0 heterocycles. The van der Waals surface area contributed by atoms with Crippen LogP contribution in [0.3, 0.4) is 0 Å². The second-order valence-corrected chi connectivity index (χ2v) is 7.30. The highest BCUT2D eigenvalue weighted by molar-refractivity contribution is 7.99. The van der Waals surface area contributed by atoms with Crippen molar-refractivity contribution in [2.45, 2.75) is 56.2 Å².